The van der Waals surface area contributed by atoms with Gasteiger partial charge in [-0.05, 0) is 53.6 Å². The molecule has 0 radical (unpaired) electrons. The van der Waals surface area contributed by atoms with Crippen LogP contribution in [-0.2, 0) is 6.54 Å². The number of hydrogen-bond acceptors (Lipinski definition) is 3. The number of phenols is 1. The Kier molecular flexibility index (Phi) is 5.58. The Morgan fingerprint density at radius 2 is 1.43 bits per heavy atom. The van der Waals surface area contributed by atoms with E-state index in [2.05, 4.69) is 10.6 Å². The zero-order valence-electron chi connectivity index (χ0n) is 20.0. The first-order valence-corrected chi connectivity index (χ1v) is 12.0. The third-order valence-corrected chi connectivity index (χ3v) is 6.62. The molecule has 5 heteroatoms. The molecule has 0 fully saturated rings. The number of amides is 1. The number of hydrogen-bond donors (Lipinski definition) is 2. The van der Waals surface area contributed by atoms with Crippen LogP contribution in [0.3, 0.4) is 0 Å². The highest BCUT2D eigenvalue weighted by Crippen LogP contribution is 2.41. The Balaban J connectivity index is 1.59. The van der Waals surface area contributed by atoms with E-state index in [4.69, 9.17) is 10.5 Å². The number of aromatic nitrogens is 1. The number of para-hydroxylation sites is 2. The number of nitrogens with zero attached hydrogens (tertiary/aromatic N) is 1. The molecule has 0 aliphatic carbocycles. The predicted octanol–water partition coefficient (Wildman–Crippen LogP) is 7.11. The third-order valence-electron chi connectivity index (χ3n) is 6.62. The molecule has 6 aromatic rings. The molecule has 1 amide bonds. The van der Waals surface area contributed by atoms with Gasteiger partial charge >= 0.3 is 0 Å². The van der Waals surface area contributed by atoms with E-state index in [1.165, 1.54) is 0 Å². The Morgan fingerprint density at radius 3 is 2.19 bits per heavy atom. The van der Waals surface area contributed by atoms with Crippen LogP contribution in [0, 0.1) is 0 Å². The number of phenolic OH excluding ortho intramolecular Hbond substituents is 1. The molecule has 0 saturated carbocycles. The molecule has 6 rings (SSSR count). The second-order valence-corrected chi connectivity index (χ2v) is 8.93. The Morgan fingerprint density at radius 1 is 0.730 bits per heavy atom. The lowest BCUT2D eigenvalue weighted by molar-refractivity contribution is 0.100. The van der Waals surface area contributed by atoms with Gasteiger partial charge in [0.05, 0.1) is 23.0 Å². The van der Waals surface area contributed by atoms with Gasteiger partial charge in [0, 0.05) is 16.5 Å². The molecule has 37 heavy (non-hydrogen) atoms. The maximum atomic E-state index is 12.4. The van der Waals surface area contributed by atoms with E-state index < -0.39 is 5.91 Å². The summed E-state index contributed by atoms with van der Waals surface area (Å²) in [5, 5.41) is 12.5. The quantitative estimate of drug-likeness (QED) is 0.265. The molecule has 0 spiro atoms. The molecule has 1 heterocycles. The first kappa shape index (κ1) is 22.4. The van der Waals surface area contributed by atoms with Crippen molar-refractivity contribution < 1.29 is 14.6 Å². The van der Waals surface area contributed by atoms with E-state index in [0.717, 1.165) is 39.2 Å². The number of aromatic hydroxyl groups is 1. The molecular weight excluding hydrogens is 460 g/mol. The Hall–Kier alpha value is -5.03. The van der Waals surface area contributed by atoms with Gasteiger partial charge in [0.15, 0.2) is 0 Å². The first-order chi connectivity index (χ1) is 18.1. The van der Waals surface area contributed by atoms with E-state index in [1.807, 2.05) is 97.1 Å². The normalized spacial score (nSPS) is 11.1. The third kappa shape index (κ3) is 4.06. The molecule has 3 N–H and O–H groups in total. The minimum atomic E-state index is -0.538. The van der Waals surface area contributed by atoms with Crippen molar-refractivity contribution in [3.63, 3.8) is 0 Å². The summed E-state index contributed by atoms with van der Waals surface area (Å²) in [4.78, 5) is 12.4. The largest absolute Gasteiger partial charge is 0.507 e. The average molecular weight is 485 g/mol. The van der Waals surface area contributed by atoms with Crippen LogP contribution in [0.5, 0.6) is 17.2 Å². The van der Waals surface area contributed by atoms with Gasteiger partial charge in [-0.2, -0.15) is 0 Å². The van der Waals surface area contributed by atoms with Gasteiger partial charge in [-0.15, -0.1) is 0 Å². The number of rotatable bonds is 6. The van der Waals surface area contributed by atoms with Crippen LogP contribution in [0.15, 0.2) is 115 Å². The minimum Gasteiger partial charge on any atom is -0.507 e. The van der Waals surface area contributed by atoms with Gasteiger partial charge < -0.3 is 20.1 Å². The number of carbonyl (C=O) groups is 1. The standard InChI is InChI=1S/C32H24N2O3/c33-32(36)25-15-9-16-26-30(25)31-27(18-23(19-28(31)35)21-10-3-1-4-11-21)34(26)20-22-12-7-8-17-29(22)37-24-13-5-2-6-14-24/h1-19,35H,20H2,(H2,33,36). The number of fused-ring (bicyclic) bond motifs is 3. The number of ether oxygens (including phenoxy) is 1. The number of carbonyl (C=O) groups excluding carboxylic acids is 1. The monoisotopic (exact) mass is 484 g/mol. The van der Waals surface area contributed by atoms with E-state index in [0.29, 0.717) is 22.9 Å². The molecule has 0 aliphatic rings. The Labute approximate surface area is 214 Å². The van der Waals surface area contributed by atoms with Crippen LogP contribution in [-0.4, -0.2) is 15.6 Å². The molecule has 0 saturated heterocycles. The fourth-order valence-electron chi connectivity index (χ4n) is 4.93. The summed E-state index contributed by atoms with van der Waals surface area (Å²) in [6.07, 6.45) is 0. The molecule has 0 aliphatic heterocycles. The lowest BCUT2D eigenvalue weighted by Gasteiger charge is -2.14. The predicted molar refractivity (Wildman–Crippen MR) is 147 cm³/mol. The number of nitrogens with two attached hydrogens (primary N) is 1. The van der Waals surface area contributed by atoms with Crippen molar-refractivity contribution >= 4 is 27.7 Å². The summed E-state index contributed by atoms with van der Waals surface area (Å²) in [7, 11) is 0. The minimum absolute atomic E-state index is 0.0997. The molecule has 5 nitrogen and oxygen atoms in total. The highest BCUT2D eigenvalue weighted by Gasteiger charge is 2.21. The van der Waals surface area contributed by atoms with Crippen molar-refractivity contribution in [2.45, 2.75) is 6.54 Å². The highest BCUT2D eigenvalue weighted by molar-refractivity contribution is 6.20. The smallest absolute Gasteiger partial charge is 0.249 e. The number of benzene rings is 5. The topological polar surface area (TPSA) is 77.5 Å². The van der Waals surface area contributed by atoms with Crippen LogP contribution >= 0.6 is 0 Å². The van der Waals surface area contributed by atoms with Gasteiger partial charge in [-0.3, -0.25) is 4.79 Å². The van der Waals surface area contributed by atoms with Crippen LogP contribution in [0.2, 0.25) is 0 Å². The Bertz CT molecular complexity index is 1760. The van der Waals surface area contributed by atoms with Gasteiger partial charge in [0.2, 0.25) is 5.91 Å². The van der Waals surface area contributed by atoms with Crippen molar-refractivity contribution in [2.24, 2.45) is 5.73 Å². The molecule has 0 bridgehead atoms. The lowest BCUT2D eigenvalue weighted by atomic mass is 10.0. The molecule has 5 aromatic carbocycles. The van der Waals surface area contributed by atoms with E-state index in [9.17, 15) is 9.90 Å². The average Bonchev–Trinajstić information content (AvgIpc) is 3.24. The molecule has 0 atom stereocenters. The second kappa shape index (κ2) is 9.21. The summed E-state index contributed by atoms with van der Waals surface area (Å²) in [5.74, 6) is 1.04. The zero-order chi connectivity index (χ0) is 25.4. The fraction of sp³-hybridized carbons (Fsp3) is 0.0312. The summed E-state index contributed by atoms with van der Waals surface area (Å²) in [6, 6.07) is 36.7. The van der Waals surface area contributed by atoms with E-state index >= 15 is 0 Å². The maximum absolute atomic E-state index is 12.4. The summed E-state index contributed by atoms with van der Waals surface area (Å²) < 4.78 is 8.33. The number of primary amides is 1. The van der Waals surface area contributed by atoms with E-state index in [-0.39, 0.29) is 5.75 Å². The van der Waals surface area contributed by atoms with Gasteiger partial charge in [0.25, 0.3) is 0 Å². The van der Waals surface area contributed by atoms with Gasteiger partial charge in [0.1, 0.15) is 17.2 Å². The van der Waals surface area contributed by atoms with Crippen LogP contribution in [0.1, 0.15) is 15.9 Å². The van der Waals surface area contributed by atoms with Gasteiger partial charge in [-0.1, -0.05) is 72.8 Å². The van der Waals surface area contributed by atoms with Crippen LogP contribution in [0.4, 0.5) is 0 Å². The molecule has 0 unspecified atom stereocenters. The van der Waals surface area contributed by atoms with E-state index in [1.54, 1.807) is 12.1 Å². The van der Waals surface area contributed by atoms with Crippen LogP contribution in [0.25, 0.3) is 32.9 Å². The SMILES string of the molecule is NC(=O)c1cccc2c1c1c(O)cc(-c3ccccc3)cc1n2Cc1ccccc1Oc1ccccc1. The highest BCUT2D eigenvalue weighted by atomic mass is 16.5. The molecular formula is C32H24N2O3. The summed E-state index contributed by atoms with van der Waals surface area (Å²) >= 11 is 0. The van der Waals surface area contributed by atoms with Crippen molar-refractivity contribution in [3.8, 4) is 28.4 Å². The van der Waals surface area contributed by atoms with Crippen molar-refractivity contribution in [1.29, 1.82) is 0 Å². The fourth-order valence-corrected chi connectivity index (χ4v) is 4.93. The molecule has 180 valence electrons. The van der Waals surface area contributed by atoms with Crippen molar-refractivity contribution in [3.05, 3.63) is 126 Å². The van der Waals surface area contributed by atoms with Crippen molar-refractivity contribution in [1.82, 2.24) is 4.57 Å². The summed E-state index contributed by atoms with van der Waals surface area (Å²) in [6.45, 7) is 0.461. The first-order valence-electron chi connectivity index (χ1n) is 12.0. The molecule has 1 aromatic heterocycles. The maximum Gasteiger partial charge on any atom is 0.249 e. The van der Waals surface area contributed by atoms with Crippen LogP contribution < -0.4 is 10.5 Å². The van der Waals surface area contributed by atoms with Gasteiger partial charge in [-0.25, -0.2) is 0 Å². The zero-order valence-corrected chi connectivity index (χ0v) is 20.0. The van der Waals surface area contributed by atoms with Crippen molar-refractivity contribution in [2.75, 3.05) is 0 Å². The summed E-state index contributed by atoms with van der Waals surface area (Å²) in [5.41, 5.74) is 10.6. The lowest BCUT2D eigenvalue weighted by Crippen LogP contribution is -2.11. The second-order valence-electron chi connectivity index (χ2n) is 8.93.